The molecule has 112 valence electrons. The molecule has 0 aliphatic rings. The molecule has 1 aromatic carbocycles. The van der Waals surface area contributed by atoms with Gasteiger partial charge in [0.05, 0.1) is 17.6 Å². The maximum absolute atomic E-state index is 11.0. The fourth-order valence-corrected chi connectivity index (χ4v) is 1.93. The normalized spacial score (nSPS) is 12.1. The lowest BCUT2D eigenvalue weighted by Crippen LogP contribution is -1.99. The van der Waals surface area contributed by atoms with E-state index >= 15 is 0 Å². The van der Waals surface area contributed by atoms with E-state index in [1.54, 1.807) is 6.07 Å². The second-order valence-electron chi connectivity index (χ2n) is 4.38. The molecular formula is C13H15N3O5. The molecule has 1 atom stereocenters. The van der Waals surface area contributed by atoms with E-state index < -0.39 is 11.0 Å². The summed E-state index contributed by atoms with van der Waals surface area (Å²) in [5, 5.41) is 24.5. The van der Waals surface area contributed by atoms with Crippen molar-refractivity contribution in [3.63, 3.8) is 0 Å². The average Bonchev–Trinajstić information content (AvgIpc) is 2.96. The summed E-state index contributed by atoms with van der Waals surface area (Å²) in [7, 11) is 1.33. The number of aliphatic hydroxyl groups excluding tert-OH is 1. The summed E-state index contributed by atoms with van der Waals surface area (Å²) in [5.41, 5.74) is 0.123. The highest BCUT2D eigenvalue weighted by Gasteiger charge is 2.24. The molecule has 0 spiro atoms. The Balaban J connectivity index is 2.43. The molecule has 8 nitrogen and oxygen atoms in total. The lowest BCUT2D eigenvalue weighted by atomic mass is 10.1. The van der Waals surface area contributed by atoms with Gasteiger partial charge in [0.2, 0.25) is 11.6 Å². The van der Waals surface area contributed by atoms with Gasteiger partial charge in [-0.15, -0.1) is 0 Å². The summed E-state index contributed by atoms with van der Waals surface area (Å²) in [5.74, 6) is 0.267. The predicted molar refractivity (Wildman–Crippen MR) is 72.8 cm³/mol. The third kappa shape index (κ3) is 3.00. The fraction of sp³-hybridized carbons (Fsp3) is 0.385. The van der Waals surface area contributed by atoms with E-state index in [2.05, 4.69) is 10.1 Å². The number of benzene rings is 1. The summed E-state index contributed by atoms with van der Waals surface area (Å²) in [6.07, 6.45) is 0.452. The van der Waals surface area contributed by atoms with E-state index in [1.165, 1.54) is 19.2 Å². The van der Waals surface area contributed by atoms with E-state index in [-0.39, 0.29) is 23.2 Å². The highest BCUT2D eigenvalue weighted by Crippen LogP contribution is 2.37. The summed E-state index contributed by atoms with van der Waals surface area (Å²) in [6.45, 7) is 1.92. The number of para-hydroxylation sites is 1. The first-order valence-corrected chi connectivity index (χ1v) is 6.41. The summed E-state index contributed by atoms with van der Waals surface area (Å²) < 4.78 is 10.1. The molecule has 0 saturated heterocycles. The molecule has 21 heavy (non-hydrogen) atoms. The zero-order valence-corrected chi connectivity index (χ0v) is 11.6. The molecule has 1 N–H and O–H groups in total. The first kappa shape index (κ1) is 14.9. The van der Waals surface area contributed by atoms with E-state index in [4.69, 9.17) is 9.26 Å². The number of rotatable bonds is 6. The van der Waals surface area contributed by atoms with Crippen LogP contribution >= 0.6 is 0 Å². The molecule has 1 unspecified atom stereocenters. The third-order valence-corrected chi connectivity index (χ3v) is 2.93. The molecule has 0 fully saturated rings. The van der Waals surface area contributed by atoms with E-state index in [0.717, 1.165) is 6.42 Å². The number of aliphatic hydroxyl groups is 1. The van der Waals surface area contributed by atoms with Gasteiger partial charge in [0.25, 0.3) is 5.89 Å². The Bertz CT molecular complexity index is 640. The van der Waals surface area contributed by atoms with Gasteiger partial charge in [-0.1, -0.05) is 24.6 Å². The minimum atomic E-state index is -0.822. The number of ether oxygens (including phenoxy) is 1. The first-order chi connectivity index (χ1) is 10.1. The molecule has 0 radical (unpaired) electrons. The Morgan fingerprint density at radius 3 is 2.90 bits per heavy atom. The van der Waals surface area contributed by atoms with Gasteiger partial charge in [0.15, 0.2) is 0 Å². The second-order valence-corrected chi connectivity index (χ2v) is 4.38. The highest BCUT2D eigenvalue weighted by atomic mass is 16.6. The minimum absolute atomic E-state index is 0.0441. The Morgan fingerprint density at radius 2 is 2.29 bits per heavy atom. The van der Waals surface area contributed by atoms with Gasteiger partial charge >= 0.3 is 5.69 Å². The van der Waals surface area contributed by atoms with Gasteiger partial charge in [-0.2, -0.15) is 4.98 Å². The van der Waals surface area contributed by atoms with Crippen LogP contribution in [0.2, 0.25) is 0 Å². The van der Waals surface area contributed by atoms with Crippen LogP contribution in [-0.2, 0) is 0 Å². The number of nitro groups is 1. The van der Waals surface area contributed by atoms with Crippen molar-refractivity contribution in [2.75, 3.05) is 7.11 Å². The quantitative estimate of drug-likeness (QED) is 0.643. The Labute approximate surface area is 120 Å². The van der Waals surface area contributed by atoms with Crippen LogP contribution in [-0.4, -0.2) is 27.3 Å². The minimum Gasteiger partial charge on any atom is -0.490 e. The largest absolute Gasteiger partial charge is 0.490 e. The molecule has 0 saturated carbocycles. The molecule has 2 aromatic rings. The van der Waals surface area contributed by atoms with Gasteiger partial charge in [0, 0.05) is 6.07 Å². The van der Waals surface area contributed by atoms with Crippen molar-refractivity contribution in [1.82, 2.24) is 10.1 Å². The molecule has 0 aliphatic heterocycles. The van der Waals surface area contributed by atoms with Crippen LogP contribution in [0.1, 0.15) is 31.7 Å². The third-order valence-electron chi connectivity index (χ3n) is 2.93. The lowest BCUT2D eigenvalue weighted by molar-refractivity contribution is -0.385. The second kappa shape index (κ2) is 6.31. The van der Waals surface area contributed by atoms with Gasteiger partial charge in [-0.05, 0) is 12.5 Å². The molecule has 0 aliphatic carbocycles. The van der Waals surface area contributed by atoms with Crippen LogP contribution in [0.15, 0.2) is 22.7 Å². The van der Waals surface area contributed by atoms with E-state index in [1.807, 2.05) is 6.92 Å². The lowest BCUT2D eigenvalue weighted by Gasteiger charge is -2.05. The number of nitro benzene ring substituents is 1. The monoisotopic (exact) mass is 293 g/mol. The van der Waals surface area contributed by atoms with Gasteiger partial charge in [-0.25, -0.2) is 0 Å². The van der Waals surface area contributed by atoms with E-state index in [0.29, 0.717) is 12.0 Å². The number of nitrogens with zero attached hydrogens (tertiary/aromatic N) is 3. The summed E-state index contributed by atoms with van der Waals surface area (Å²) in [4.78, 5) is 14.5. The molecular weight excluding hydrogens is 278 g/mol. The summed E-state index contributed by atoms with van der Waals surface area (Å²) in [6, 6.07) is 4.41. The number of hydrogen-bond acceptors (Lipinski definition) is 7. The maximum atomic E-state index is 11.0. The number of methoxy groups -OCH3 is 1. The number of hydrogen-bond donors (Lipinski definition) is 1. The van der Waals surface area contributed by atoms with Crippen LogP contribution in [0.25, 0.3) is 11.5 Å². The van der Waals surface area contributed by atoms with Crippen molar-refractivity contribution < 1.29 is 19.3 Å². The van der Waals surface area contributed by atoms with Crippen molar-refractivity contribution in [3.8, 4) is 17.2 Å². The summed E-state index contributed by atoms with van der Waals surface area (Å²) >= 11 is 0. The Morgan fingerprint density at radius 1 is 1.52 bits per heavy atom. The number of aromatic nitrogens is 2. The molecule has 1 heterocycles. The van der Waals surface area contributed by atoms with Gasteiger partial charge < -0.3 is 14.4 Å². The molecule has 2 rings (SSSR count). The maximum Gasteiger partial charge on any atom is 0.311 e. The fourth-order valence-electron chi connectivity index (χ4n) is 1.93. The van der Waals surface area contributed by atoms with Crippen molar-refractivity contribution in [3.05, 3.63) is 34.1 Å². The smallest absolute Gasteiger partial charge is 0.311 e. The molecule has 8 heteroatoms. The average molecular weight is 293 g/mol. The SMILES string of the molecule is CCCC(O)c1noc(-c2cccc([N+](=O)[O-])c2OC)n1. The highest BCUT2D eigenvalue weighted by molar-refractivity contribution is 5.69. The van der Waals surface area contributed by atoms with Crippen molar-refractivity contribution in [1.29, 1.82) is 0 Å². The van der Waals surface area contributed by atoms with Crippen molar-refractivity contribution >= 4 is 5.69 Å². The predicted octanol–water partition coefficient (Wildman–Crippen LogP) is 2.49. The van der Waals surface area contributed by atoms with Crippen LogP contribution in [0, 0.1) is 10.1 Å². The van der Waals surface area contributed by atoms with Crippen molar-refractivity contribution in [2.24, 2.45) is 0 Å². The van der Waals surface area contributed by atoms with Crippen LogP contribution < -0.4 is 4.74 Å². The topological polar surface area (TPSA) is 112 Å². The van der Waals surface area contributed by atoms with Gasteiger partial charge in [0.1, 0.15) is 6.10 Å². The zero-order chi connectivity index (χ0) is 15.4. The van der Waals surface area contributed by atoms with Crippen molar-refractivity contribution in [2.45, 2.75) is 25.9 Å². The first-order valence-electron chi connectivity index (χ1n) is 6.41. The standard InChI is InChI=1S/C13H15N3O5/c1-3-5-10(17)12-14-13(21-15-12)8-6-4-7-9(16(18)19)11(8)20-2/h4,6-7,10,17H,3,5H2,1-2H3. The molecule has 1 aromatic heterocycles. The van der Waals surface area contributed by atoms with Crippen LogP contribution in [0.3, 0.4) is 0 Å². The van der Waals surface area contributed by atoms with Crippen LogP contribution in [0.5, 0.6) is 5.75 Å². The van der Waals surface area contributed by atoms with Crippen LogP contribution in [0.4, 0.5) is 5.69 Å². The molecule has 0 bridgehead atoms. The molecule has 0 amide bonds. The van der Waals surface area contributed by atoms with E-state index in [9.17, 15) is 15.2 Å². The Hall–Kier alpha value is -2.48. The Kier molecular flexibility index (Phi) is 4.49. The zero-order valence-electron chi connectivity index (χ0n) is 11.6. The van der Waals surface area contributed by atoms with Gasteiger partial charge in [-0.3, -0.25) is 10.1 Å².